The number of ether oxygens (including phenoxy) is 1. The molecule has 7 nitrogen and oxygen atoms in total. The summed E-state index contributed by atoms with van der Waals surface area (Å²) in [5.41, 5.74) is 1.64. The van der Waals surface area contributed by atoms with Gasteiger partial charge in [0.1, 0.15) is 11.6 Å². The summed E-state index contributed by atoms with van der Waals surface area (Å²) in [5, 5.41) is 8.34. The van der Waals surface area contributed by atoms with Gasteiger partial charge in [-0.1, -0.05) is 65.0 Å². The number of aromatic nitrogens is 2. The van der Waals surface area contributed by atoms with E-state index in [1.807, 2.05) is 30.3 Å². The lowest BCUT2D eigenvalue weighted by Gasteiger charge is -2.22. The molecule has 1 aliphatic rings. The summed E-state index contributed by atoms with van der Waals surface area (Å²) in [6.07, 6.45) is 6.85. The lowest BCUT2D eigenvalue weighted by Crippen LogP contribution is -2.25. The number of benzene rings is 3. The zero-order chi connectivity index (χ0) is 26.5. The molecule has 1 aliphatic carbocycles. The average molecular weight is 594 g/mol. The van der Waals surface area contributed by atoms with Crippen LogP contribution >= 0.6 is 27.5 Å². The monoisotopic (exact) mass is 592 g/mol. The van der Waals surface area contributed by atoms with Gasteiger partial charge >= 0.3 is 0 Å². The molecule has 0 unspecified atom stereocenters. The van der Waals surface area contributed by atoms with Crippen LogP contribution in [0.3, 0.4) is 0 Å². The van der Waals surface area contributed by atoms with E-state index >= 15 is 0 Å². The summed E-state index contributed by atoms with van der Waals surface area (Å²) in [7, 11) is 0. The number of carbonyl (C=O) groups is 1. The van der Waals surface area contributed by atoms with Crippen LogP contribution in [0.5, 0.6) is 5.75 Å². The predicted octanol–water partition coefficient (Wildman–Crippen LogP) is 6.76. The SMILES string of the molecule is O=C(COc1ccc(Cl)cc1C=Nn1c(C2CCCCC2)nc2ccc(Br)cc2c1=O)Nc1ccccc1. The first kappa shape index (κ1) is 26.1. The van der Waals surface area contributed by atoms with E-state index in [4.69, 9.17) is 21.3 Å². The van der Waals surface area contributed by atoms with Crippen LogP contribution in [0.4, 0.5) is 5.69 Å². The summed E-state index contributed by atoms with van der Waals surface area (Å²) in [6, 6.07) is 19.7. The highest BCUT2D eigenvalue weighted by Gasteiger charge is 2.22. The largest absolute Gasteiger partial charge is 0.483 e. The van der Waals surface area contributed by atoms with Crippen LogP contribution in [0.2, 0.25) is 5.02 Å². The quantitative estimate of drug-likeness (QED) is 0.240. The lowest BCUT2D eigenvalue weighted by molar-refractivity contribution is -0.118. The van der Waals surface area contributed by atoms with Crippen molar-refractivity contribution < 1.29 is 9.53 Å². The van der Waals surface area contributed by atoms with E-state index in [9.17, 15) is 9.59 Å². The minimum atomic E-state index is -0.297. The molecule has 0 saturated heterocycles. The van der Waals surface area contributed by atoms with Gasteiger partial charge in [0.25, 0.3) is 11.5 Å². The fourth-order valence-corrected chi connectivity index (χ4v) is 5.18. The number of rotatable bonds is 7. The molecule has 1 amide bonds. The summed E-state index contributed by atoms with van der Waals surface area (Å²) >= 11 is 9.72. The molecule has 1 heterocycles. The van der Waals surface area contributed by atoms with E-state index in [1.54, 1.807) is 36.4 Å². The van der Waals surface area contributed by atoms with Gasteiger partial charge in [-0.2, -0.15) is 9.78 Å². The number of anilines is 1. The van der Waals surface area contributed by atoms with Crippen molar-refractivity contribution >= 4 is 56.2 Å². The van der Waals surface area contributed by atoms with Gasteiger partial charge in [-0.3, -0.25) is 9.59 Å². The Morgan fingerprint density at radius 3 is 2.68 bits per heavy atom. The molecule has 194 valence electrons. The standard InChI is InChI=1S/C29H26BrClN4O3/c30-21-11-13-25-24(16-21)29(37)35(28(34-25)19-7-3-1-4-8-19)32-17-20-15-22(31)12-14-26(20)38-18-27(36)33-23-9-5-2-6-10-23/h2,5-6,9-17,19H,1,3-4,7-8,18H2,(H,33,36). The number of fused-ring (bicyclic) bond motifs is 1. The fourth-order valence-electron chi connectivity index (χ4n) is 4.64. The van der Waals surface area contributed by atoms with Crippen molar-refractivity contribution in [3.63, 3.8) is 0 Å². The van der Waals surface area contributed by atoms with Crippen molar-refractivity contribution in [3.8, 4) is 5.75 Å². The van der Waals surface area contributed by atoms with Gasteiger partial charge in [0, 0.05) is 26.7 Å². The van der Waals surface area contributed by atoms with Crippen LogP contribution < -0.4 is 15.6 Å². The maximum absolute atomic E-state index is 13.6. The second-order valence-electron chi connectivity index (χ2n) is 9.21. The Hall–Kier alpha value is -3.49. The highest BCUT2D eigenvalue weighted by Crippen LogP contribution is 2.32. The Bertz CT molecular complexity index is 1550. The molecule has 1 saturated carbocycles. The Morgan fingerprint density at radius 2 is 1.89 bits per heavy atom. The minimum Gasteiger partial charge on any atom is -0.483 e. The van der Waals surface area contributed by atoms with E-state index in [0.29, 0.717) is 38.8 Å². The zero-order valence-corrected chi connectivity index (χ0v) is 22.9. The summed E-state index contributed by atoms with van der Waals surface area (Å²) in [4.78, 5) is 30.9. The molecule has 9 heteroatoms. The number of para-hydroxylation sites is 1. The Labute approximate surface area is 233 Å². The van der Waals surface area contributed by atoms with Crippen molar-refractivity contribution in [3.05, 3.63) is 98.0 Å². The van der Waals surface area contributed by atoms with Gasteiger partial charge in [0.2, 0.25) is 0 Å². The van der Waals surface area contributed by atoms with E-state index < -0.39 is 0 Å². The van der Waals surface area contributed by atoms with Crippen LogP contribution in [0.25, 0.3) is 10.9 Å². The van der Waals surface area contributed by atoms with Crippen LogP contribution in [0, 0.1) is 0 Å². The lowest BCUT2D eigenvalue weighted by atomic mass is 9.88. The van der Waals surface area contributed by atoms with Crippen molar-refractivity contribution in [2.24, 2.45) is 5.10 Å². The van der Waals surface area contributed by atoms with E-state index in [-0.39, 0.29) is 24.0 Å². The van der Waals surface area contributed by atoms with E-state index in [1.165, 1.54) is 17.3 Å². The molecule has 1 fully saturated rings. The minimum absolute atomic E-state index is 0.151. The molecular weight excluding hydrogens is 568 g/mol. The molecule has 0 aliphatic heterocycles. The molecule has 0 atom stereocenters. The molecule has 4 aromatic rings. The molecule has 38 heavy (non-hydrogen) atoms. The number of carbonyl (C=O) groups excluding carboxylic acids is 1. The maximum Gasteiger partial charge on any atom is 0.282 e. The number of amides is 1. The number of halogens is 2. The van der Waals surface area contributed by atoms with Crippen LogP contribution in [0.1, 0.15) is 49.4 Å². The Morgan fingerprint density at radius 1 is 1.11 bits per heavy atom. The first-order chi connectivity index (χ1) is 18.5. The smallest absolute Gasteiger partial charge is 0.282 e. The molecule has 1 N–H and O–H groups in total. The van der Waals surface area contributed by atoms with E-state index in [0.717, 1.165) is 30.2 Å². The van der Waals surface area contributed by atoms with Crippen LogP contribution in [0.15, 0.2) is 81.1 Å². The third-order valence-electron chi connectivity index (χ3n) is 6.50. The summed E-state index contributed by atoms with van der Waals surface area (Å²) < 4.78 is 8.00. The van der Waals surface area contributed by atoms with Gasteiger partial charge in [-0.05, 0) is 61.4 Å². The van der Waals surface area contributed by atoms with Crippen molar-refractivity contribution in [1.82, 2.24) is 9.66 Å². The Kier molecular flexibility index (Phi) is 8.20. The number of hydrogen-bond acceptors (Lipinski definition) is 5. The van der Waals surface area contributed by atoms with Gasteiger partial charge in [0.15, 0.2) is 6.61 Å². The predicted molar refractivity (Wildman–Crippen MR) is 155 cm³/mol. The number of nitrogens with zero attached hydrogens (tertiary/aromatic N) is 3. The first-order valence-corrected chi connectivity index (χ1v) is 13.7. The highest BCUT2D eigenvalue weighted by molar-refractivity contribution is 9.10. The number of hydrogen-bond donors (Lipinski definition) is 1. The second-order valence-corrected chi connectivity index (χ2v) is 10.6. The first-order valence-electron chi connectivity index (χ1n) is 12.5. The summed E-state index contributed by atoms with van der Waals surface area (Å²) in [5.74, 6) is 0.935. The zero-order valence-electron chi connectivity index (χ0n) is 20.6. The highest BCUT2D eigenvalue weighted by atomic mass is 79.9. The fraction of sp³-hybridized carbons (Fsp3) is 0.241. The third-order valence-corrected chi connectivity index (χ3v) is 7.23. The molecule has 1 aromatic heterocycles. The van der Waals surface area contributed by atoms with Crippen molar-refractivity contribution in [2.75, 3.05) is 11.9 Å². The number of nitrogens with one attached hydrogen (secondary N) is 1. The average Bonchev–Trinajstić information content (AvgIpc) is 2.93. The van der Waals surface area contributed by atoms with Gasteiger partial charge in [0.05, 0.1) is 17.1 Å². The molecule has 5 rings (SSSR count). The molecule has 0 bridgehead atoms. The second kappa shape index (κ2) is 11.9. The Balaban J connectivity index is 1.46. The maximum atomic E-state index is 13.6. The van der Waals surface area contributed by atoms with Crippen LogP contribution in [-0.2, 0) is 4.79 Å². The summed E-state index contributed by atoms with van der Waals surface area (Å²) in [6.45, 7) is -0.198. The third kappa shape index (κ3) is 6.14. The normalized spacial score (nSPS) is 14.2. The van der Waals surface area contributed by atoms with Crippen LogP contribution in [-0.4, -0.2) is 28.4 Å². The molecular formula is C29H26BrClN4O3. The van der Waals surface area contributed by atoms with Gasteiger partial charge < -0.3 is 10.1 Å². The van der Waals surface area contributed by atoms with Gasteiger partial charge in [-0.25, -0.2) is 4.98 Å². The van der Waals surface area contributed by atoms with Crippen molar-refractivity contribution in [2.45, 2.75) is 38.0 Å². The van der Waals surface area contributed by atoms with E-state index in [2.05, 4.69) is 26.3 Å². The molecule has 0 spiro atoms. The molecule has 3 aromatic carbocycles. The van der Waals surface area contributed by atoms with Crippen molar-refractivity contribution in [1.29, 1.82) is 0 Å². The topological polar surface area (TPSA) is 85.6 Å². The van der Waals surface area contributed by atoms with Gasteiger partial charge in [-0.15, -0.1) is 0 Å². The molecule has 0 radical (unpaired) electrons.